The van der Waals surface area contributed by atoms with Crippen molar-refractivity contribution in [2.24, 2.45) is 0 Å². The highest BCUT2D eigenvalue weighted by Crippen LogP contribution is 2.24. The SMILES string of the molecule is C.Cc1cc(/C=C/C#N)cc(C(=O)c2c(C(C)C)c(=O)[nH]c(=O)n2Cc2cc(N)nc(F)c2)c1.Cc1cc(CCC#N)cc(C(=O)c2c(C(C)C)c(=O)[nH]c(=O)n2Cc2cc(N)nc(F)c2)c1.[2H][B]. The third kappa shape index (κ3) is 12.9. The molecule has 0 atom stereocenters. The second-order valence-electron chi connectivity index (χ2n) is 16.1. The van der Waals surface area contributed by atoms with Crippen LogP contribution in [-0.2, 0) is 19.5 Å². The molecule has 0 aliphatic heterocycles. The minimum absolute atomic E-state index is 0. The number of aromatic amines is 2. The molecule has 4 aromatic heterocycles. The summed E-state index contributed by atoms with van der Waals surface area (Å²) in [6.07, 6.45) is 3.60. The van der Waals surface area contributed by atoms with E-state index in [4.69, 9.17) is 23.3 Å². The van der Waals surface area contributed by atoms with Crippen LogP contribution in [0.4, 0.5) is 20.4 Å². The maximum absolute atomic E-state index is 13.8. The van der Waals surface area contributed by atoms with Gasteiger partial charge in [-0.25, -0.2) is 19.6 Å². The van der Waals surface area contributed by atoms with Crippen molar-refractivity contribution >= 4 is 37.7 Å². The van der Waals surface area contributed by atoms with E-state index < -0.39 is 46.0 Å². The van der Waals surface area contributed by atoms with Gasteiger partial charge in [-0.2, -0.15) is 19.3 Å². The molecular weight excluding hydrogens is 873 g/mol. The molecule has 0 unspecified atom stereocenters. The van der Waals surface area contributed by atoms with Gasteiger partial charge in [-0.05, 0) is 116 Å². The van der Waals surface area contributed by atoms with E-state index in [1.807, 2.05) is 19.1 Å². The Hall–Kier alpha value is -8.32. The number of pyridine rings is 2. The Bertz CT molecular complexity index is 3220. The summed E-state index contributed by atoms with van der Waals surface area (Å²) < 4.78 is 35.1. The highest BCUT2D eigenvalue weighted by molar-refractivity contribution is 6.10. The Morgan fingerprint density at radius 1 is 0.721 bits per heavy atom. The van der Waals surface area contributed by atoms with Crippen LogP contribution in [0.1, 0.15) is 130 Å². The molecule has 0 aliphatic rings. The fraction of sp³-hybridized carbons (Fsp3) is 0.265. The van der Waals surface area contributed by atoms with Gasteiger partial charge in [0.2, 0.25) is 23.5 Å². The zero-order chi connectivity index (χ0) is 50.6. The molecule has 16 nitrogen and oxygen atoms in total. The zero-order valence-electron chi connectivity index (χ0n) is 38.5. The summed E-state index contributed by atoms with van der Waals surface area (Å²) in [7, 11) is 3.75. The van der Waals surface area contributed by atoms with Gasteiger partial charge in [0.05, 0.1) is 25.2 Å². The lowest BCUT2D eigenvalue weighted by Gasteiger charge is -2.18. The molecule has 0 aliphatic carbocycles. The number of ketones is 2. The second kappa shape index (κ2) is 23.2. The van der Waals surface area contributed by atoms with Crippen molar-refractivity contribution in [3.8, 4) is 12.1 Å². The van der Waals surface area contributed by atoms with E-state index in [-0.39, 0.29) is 72.1 Å². The Morgan fingerprint density at radius 2 is 1.16 bits per heavy atom. The molecule has 2 radical (unpaired) electrons. The van der Waals surface area contributed by atoms with E-state index in [2.05, 4.69) is 34.4 Å². The number of hydrogen-bond acceptors (Lipinski definition) is 12. The van der Waals surface area contributed by atoms with Gasteiger partial charge in [0, 0.05) is 43.1 Å². The molecule has 0 saturated carbocycles. The third-order valence-corrected chi connectivity index (χ3v) is 10.1. The smallest absolute Gasteiger partial charge is 0.329 e. The molecule has 6 N–H and O–H groups in total. The van der Waals surface area contributed by atoms with E-state index in [9.17, 15) is 37.5 Å². The number of nitrogens with two attached hydrogens (primary N) is 2. The van der Waals surface area contributed by atoms with Gasteiger partial charge in [0.1, 0.15) is 23.0 Å². The molecule has 350 valence electrons. The molecule has 0 saturated heterocycles. The molecule has 2 aromatic carbocycles. The lowest BCUT2D eigenvalue weighted by Crippen LogP contribution is -2.38. The Kier molecular flexibility index (Phi) is 17.9. The van der Waals surface area contributed by atoms with E-state index in [1.54, 1.807) is 71.0 Å². The number of halogens is 2. The van der Waals surface area contributed by atoms with Crippen LogP contribution >= 0.6 is 0 Å². The quantitative estimate of drug-likeness (QED) is 0.0470. The number of carbonyl (C=O) groups is 2. The number of rotatable bonds is 13. The van der Waals surface area contributed by atoms with Gasteiger partial charge in [0.25, 0.3) is 11.1 Å². The van der Waals surface area contributed by atoms with E-state index >= 15 is 0 Å². The van der Waals surface area contributed by atoms with Crippen LogP contribution in [0, 0.1) is 48.4 Å². The first-order valence-electron chi connectivity index (χ1n) is 21.1. The summed E-state index contributed by atoms with van der Waals surface area (Å²) >= 11 is 0. The van der Waals surface area contributed by atoms with Crippen LogP contribution in [0.25, 0.3) is 6.08 Å². The monoisotopic (exact) mass is 925 g/mol. The van der Waals surface area contributed by atoms with Gasteiger partial charge in [0.15, 0.2) is 0 Å². The number of nitrogens with zero attached hydrogens (tertiary/aromatic N) is 6. The van der Waals surface area contributed by atoms with Crippen molar-refractivity contribution in [3.63, 3.8) is 0 Å². The number of allylic oxidation sites excluding steroid dienone is 1. The Labute approximate surface area is 393 Å². The normalized spacial score (nSPS) is 10.8. The topological polar surface area (TPSA) is 269 Å². The van der Waals surface area contributed by atoms with Crippen molar-refractivity contribution in [2.75, 3.05) is 11.5 Å². The van der Waals surface area contributed by atoms with Gasteiger partial charge >= 0.3 is 11.4 Å². The van der Waals surface area contributed by atoms with Crippen molar-refractivity contribution < 1.29 is 18.4 Å². The standard InChI is InChI=1S/C24H24FN5O3.C24H22FN5O3.CH4.BH/c2*1-13(2)20-21(22(31)17-8-14(3)7-15(9-17)5-4-6-26)30(24(33)29-23(20)32)12-16-10-18(25)28-19(27)11-16;;/h7-11,13H,4-5,12H2,1-3H3,(H2,27,28)(H,29,32,33);4-5,7-11,13H,12H2,1-3H3,(H2,27,28)(H,29,32,33);1H4;1H/b;5-4+;;/i;;;1D. The van der Waals surface area contributed by atoms with Crippen LogP contribution in [0.5, 0.6) is 0 Å². The third-order valence-electron chi connectivity index (χ3n) is 10.1. The summed E-state index contributed by atoms with van der Waals surface area (Å²) in [5, 5.41) is 17.7. The average molecular weight is 926 g/mol. The Balaban J connectivity index is 0.000000348. The van der Waals surface area contributed by atoms with Gasteiger partial charge in [-0.3, -0.25) is 38.3 Å². The Morgan fingerprint density at radius 3 is 1.57 bits per heavy atom. The summed E-state index contributed by atoms with van der Waals surface area (Å²) in [5.41, 5.74) is 12.6. The highest BCUT2D eigenvalue weighted by Gasteiger charge is 2.27. The molecule has 0 bridgehead atoms. The maximum Gasteiger partial charge on any atom is 0.329 e. The highest BCUT2D eigenvalue weighted by atomic mass is 19.1. The minimum atomic E-state index is -0.827. The molecule has 6 aromatic rings. The lowest BCUT2D eigenvalue weighted by molar-refractivity contribution is 0.101. The second-order valence-corrected chi connectivity index (χ2v) is 16.1. The molecule has 0 spiro atoms. The van der Waals surface area contributed by atoms with Gasteiger partial charge < -0.3 is 11.5 Å². The summed E-state index contributed by atoms with van der Waals surface area (Å²) in [6.45, 7) is 10.2. The fourth-order valence-corrected chi connectivity index (χ4v) is 7.51. The van der Waals surface area contributed by atoms with Gasteiger partial charge in [-0.1, -0.05) is 52.8 Å². The largest absolute Gasteiger partial charge is 0.384 e. The van der Waals surface area contributed by atoms with Crippen LogP contribution in [0.15, 0.2) is 85.9 Å². The molecule has 68 heavy (non-hydrogen) atoms. The minimum Gasteiger partial charge on any atom is -0.384 e. The van der Waals surface area contributed by atoms with Crippen molar-refractivity contribution in [3.05, 3.63) is 187 Å². The number of anilines is 2. The summed E-state index contributed by atoms with van der Waals surface area (Å²) in [6, 6.07) is 19.2. The number of nitriles is 2. The van der Waals surface area contributed by atoms with E-state index in [1.165, 1.54) is 18.2 Å². The molecule has 6 rings (SSSR count). The van der Waals surface area contributed by atoms with Crippen LogP contribution in [0.3, 0.4) is 0 Å². The first kappa shape index (κ1) is 52.3. The first-order valence-corrected chi connectivity index (χ1v) is 20.5. The van der Waals surface area contributed by atoms with E-state index in [0.29, 0.717) is 35.1 Å². The number of carbonyl (C=O) groups excluding carboxylic acids is 2. The van der Waals surface area contributed by atoms with Crippen LogP contribution in [-0.4, -0.2) is 50.3 Å². The number of nitrogens with one attached hydrogen (secondary N) is 2. The number of nitrogen functional groups attached to an aromatic ring is 2. The summed E-state index contributed by atoms with van der Waals surface area (Å²) in [5.74, 6) is -3.60. The fourth-order valence-electron chi connectivity index (χ4n) is 7.51. The summed E-state index contributed by atoms with van der Waals surface area (Å²) in [4.78, 5) is 89.8. The molecule has 0 fully saturated rings. The number of aryl methyl sites for hydroxylation is 3. The number of benzene rings is 2. The van der Waals surface area contributed by atoms with Gasteiger partial charge in [-0.15, -0.1) is 0 Å². The predicted octanol–water partition coefficient (Wildman–Crippen LogP) is 5.71. The van der Waals surface area contributed by atoms with Crippen LogP contribution < -0.4 is 34.0 Å². The molecule has 19 heteroatoms. The predicted molar refractivity (Wildman–Crippen MR) is 258 cm³/mol. The van der Waals surface area contributed by atoms with Crippen LogP contribution in [0.2, 0.25) is 0 Å². The average Bonchev–Trinajstić information content (AvgIpc) is 3.25. The lowest BCUT2D eigenvalue weighted by atomic mass is 9.94. The number of aromatic nitrogens is 6. The molecule has 4 heterocycles. The zero-order valence-corrected chi connectivity index (χ0v) is 37.5. The first-order chi connectivity index (χ1) is 32.2. The van der Waals surface area contributed by atoms with Crippen molar-refractivity contribution in [1.82, 2.24) is 29.1 Å². The number of hydrogen-bond donors (Lipinski definition) is 4. The number of H-pyrrole nitrogens is 2. The maximum atomic E-state index is 13.8. The van der Waals surface area contributed by atoms with Crippen molar-refractivity contribution in [2.45, 2.75) is 86.7 Å². The molecular formula is C49H51BF2N10O6. The van der Waals surface area contributed by atoms with E-state index in [0.717, 1.165) is 38.0 Å². The molecule has 0 amide bonds. The van der Waals surface area contributed by atoms with Crippen molar-refractivity contribution in [1.29, 1.82) is 11.9 Å².